The van der Waals surface area contributed by atoms with Gasteiger partial charge in [0.2, 0.25) is 11.0 Å². The Kier molecular flexibility index (Phi) is 6.05. The lowest BCUT2D eigenvalue weighted by Crippen LogP contribution is -2.24. The third-order valence-corrected chi connectivity index (χ3v) is 4.94. The molecule has 1 unspecified atom stereocenters. The quantitative estimate of drug-likeness (QED) is 0.743. The second-order valence-corrected chi connectivity index (χ2v) is 7.26. The van der Waals surface area contributed by atoms with Crippen molar-refractivity contribution in [2.45, 2.75) is 29.6 Å². The second kappa shape index (κ2) is 7.84. The van der Waals surface area contributed by atoms with Crippen LogP contribution in [0.3, 0.4) is 0 Å². The number of nitrogens with one attached hydrogen (secondary N) is 2. The van der Waals surface area contributed by atoms with Crippen LogP contribution in [0.4, 0.5) is 24.0 Å². The van der Waals surface area contributed by atoms with Gasteiger partial charge in [0.1, 0.15) is 0 Å². The topological polar surface area (TPSA) is 66.9 Å². The van der Waals surface area contributed by atoms with Crippen molar-refractivity contribution < 1.29 is 18.0 Å². The smallest absolute Gasteiger partial charge is 0.360 e. The Morgan fingerprint density at radius 3 is 2.71 bits per heavy atom. The second-order valence-electron chi connectivity index (χ2n) is 4.70. The van der Waals surface area contributed by atoms with Crippen molar-refractivity contribution in [3.05, 3.63) is 29.8 Å². The highest BCUT2D eigenvalue weighted by Crippen LogP contribution is 2.35. The van der Waals surface area contributed by atoms with Crippen LogP contribution in [0.25, 0.3) is 0 Å². The van der Waals surface area contributed by atoms with Crippen LogP contribution in [-0.4, -0.2) is 27.9 Å². The molecule has 1 aromatic heterocycles. The van der Waals surface area contributed by atoms with Gasteiger partial charge in [-0.2, -0.15) is 13.2 Å². The summed E-state index contributed by atoms with van der Waals surface area (Å²) in [5, 5.41) is 13.2. The first-order valence-corrected chi connectivity index (χ1v) is 8.72. The first kappa shape index (κ1) is 18.5. The van der Waals surface area contributed by atoms with Crippen molar-refractivity contribution in [2.24, 2.45) is 0 Å². The molecule has 130 valence electrons. The average Bonchev–Trinajstić information content (AvgIpc) is 2.94. The molecule has 0 aliphatic heterocycles. The molecular weight excluding hydrogens is 361 g/mol. The molecule has 1 amide bonds. The third-order valence-electron chi connectivity index (χ3n) is 2.87. The summed E-state index contributed by atoms with van der Waals surface area (Å²) in [5.74, 6) is -0.531. The summed E-state index contributed by atoms with van der Waals surface area (Å²) < 4.78 is 39.4. The van der Waals surface area contributed by atoms with Gasteiger partial charge < -0.3 is 10.6 Å². The number of carbonyl (C=O) groups excluding carboxylic acids is 1. The summed E-state index contributed by atoms with van der Waals surface area (Å²) in [5.41, 5.74) is -1.13. The summed E-state index contributed by atoms with van der Waals surface area (Å²) >= 11 is 2.43. The first-order valence-electron chi connectivity index (χ1n) is 7.02. The molecule has 1 atom stereocenters. The molecule has 0 bridgehead atoms. The fourth-order valence-electron chi connectivity index (χ4n) is 1.76. The Morgan fingerprint density at radius 2 is 2.04 bits per heavy atom. The molecule has 0 saturated heterocycles. The van der Waals surface area contributed by atoms with E-state index in [1.165, 1.54) is 29.5 Å². The van der Waals surface area contributed by atoms with E-state index in [2.05, 4.69) is 20.8 Å². The minimum atomic E-state index is -4.53. The Hall–Kier alpha value is -1.81. The Morgan fingerprint density at radius 1 is 1.33 bits per heavy atom. The molecule has 2 rings (SSSR count). The highest BCUT2D eigenvalue weighted by Gasteiger charge is 2.34. The highest BCUT2D eigenvalue weighted by molar-refractivity contribution is 8.02. The summed E-state index contributed by atoms with van der Waals surface area (Å²) in [4.78, 5) is 12.2. The molecule has 24 heavy (non-hydrogen) atoms. The Labute approximate surface area is 145 Å². The van der Waals surface area contributed by atoms with E-state index < -0.39 is 22.9 Å². The largest absolute Gasteiger partial charge is 0.418 e. The van der Waals surface area contributed by atoms with Gasteiger partial charge in [0.05, 0.1) is 16.5 Å². The number of alkyl halides is 3. The summed E-state index contributed by atoms with van der Waals surface area (Å²) in [6.45, 7) is 4.22. The fourth-order valence-corrected chi connectivity index (χ4v) is 3.72. The third kappa shape index (κ3) is 4.84. The number of benzene rings is 1. The summed E-state index contributed by atoms with van der Waals surface area (Å²) in [6.07, 6.45) is -4.53. The number of thioether (sulfide) groups is 1. The van der Waals surface area contributed by atoms with E-state index in [1.807, 2.05) is 6.92 Å². The van der Waals surface area contributed by atoms with Crippen molar-refractivity contribution in [2.75, 3.05) is 17.2 Å². The SMILES string of the molecule is CCNc1nnc(SC(C)C(=O)Nc2ccccc2C(F)(F)F)s1. The lowest BCUT2D eigenvalue weighted by molar-refractivity contribution is -0.137. The van der Waals surface area contributed by atoms with Crippen LogP contribution in [0.2, 0.25) is 0 Å². The van der Waals surface area contributed by atoms with Crippen LogP contribution < -0.4 is 10.6 Å². The fraction of sp³-hybridized carbons (Fsp3) is 0.357. The average molecular weight is 376 g/mol. The normalized spacial score (nSPS) is 12.7. The van der Waals surface area contributed by atoms with Crippen LogP contribution in [0.5, 0.6) is 0 Å². The van der Waals surface area contributed by atoms with Gasteiger partial charge in [0.25, 0.3) is 0 Å². The number of hydrogen-bond donors (Lipinski definition) is 2. The zero-order valence-electron chi connectivity index (χ0n) is 12.8. The van der Waals surface area contributed by atoms with Gasteiger partial charge in [-0.15, -0.1) is 10.2 Å². The lowest BCUT2D eigenvalue weighted by atomic mass is 10.1. The predicted molar refractivity (Wildman–Crippen MR) is 89.5 cm³/mol. The first-order chi connectivity index (χ1) is 11.3. The van der Waals surface area contributed by atoms with Crippen LogP contribution in [-0.2, 0) is 11.0 Å². The number of aromatic nitrogens is 2. The maximum Gasteiger partial charge on any atom is 0.418 e. The number of rotatable bonds is 6. The van der Waals surface area contributed by atoms with E-state index in [0.717, 1.165) is 17.8 Å². The van der Waals surface area contributed by atoms with Crippen molar-refractivity contribution in [3.63, 3.8) is 0 Å². The van der Waals surface area contributed by atoms with Gasteiger partial charge in [-0.1, -0.05) is 35.2 Å². The number of amides is 1. The van der Waals surface area contributed by atoms with Gasteiger partial charge in [-0.25, -0.2) is 0 Å². The van der Waals surface area contributed by atoms with Crippen molar-refractivity contribution in [1.29, 1.82) is 0 Å². The molecule has 0 aliphatic carbocycles. The van der Waals surface area contributed by atoms with E-state index in [-0.39, 0.29) is 5.69 Å². The van der Waals surface area contributed by atoms with Crippen LogP contribution in [0, 0.1) is 0 Å². The standard InChI is InChI=1S/C14H15F3N4OS2/c1-3-18-12-20-21-13(24-12)23-8(2)11(22)19-10-7-5-4-6-9(10)14(15,16)17/h4-8H,3H2,1-2H3,(H,18,20)(H,19,22). The minimum Gasteiger partial charge on any atom is -0.360 e. The van der Waals surface area contributed by atoms with Gasteiger partial charge in [-0.3, -0.25) is 4.79 Å². The van der Waals surface area contributed by atoms with Crippen molar-refractivity contribution in [3.8, 4) is 0 Å². The van der Waals surface area contributed by atoms with Gasteiger partial charge >= 0.3 is 6.18 Å². The molecule has 0 saturated carbocycles. The number of halogens is 3. The molecule has 5 nitrogen and oxygen atoms in total. The number of anilines is 2. The highest BCUT2D eigenvalue weighted by atomic mass is 32.2. The maximum absolute atomic E-state index is 12.9. The zero-order chi connectivity index (χ0) is 17.7. The Bertz CT molecular complexity index is 705. The molecule has 0 aliphatic rings. The van der Waals surface area contributed by atoms with Crippen molar-refractivity contribution in [1.82, 2.24) is 10.2 Å². The van der Waals surface area contributed by atoms with E-state index >= 15 is 0 Å². The van der Waals surface area contributed by atoms with Crippen LogP contribution in [0.1, 0.15) is 19.4 Å². The van der Waals surface area contributed by atoms with E-state index in [1.54, 1.807) is 6.92 Å². The molecule has 2 aromatic rings. The summed E-state index contributed by atoms with van der Waals surface area (Å²) in [7, 11) is 0. The summed E-state index contributed by atoms with van der Waals surface area (Å²) in [6, 6.07) is 4.88. The molecule has 0 radical (unpaired) electrons. The number of nitrogens with zero attached hydrogens (tertiary/aromatic N) is 2. The zero-order valence-corrected chi connectivity index (χ0v) is 14.5. The van der Waals surface area contributed by atoms with Gasteiger partial charge in [0, 0.05) is 6.54 Å². The maximum atomic E-state index is 12.9. The van der Waals surface area contributed by atoms with Crippen molar-refractivity contribution >= 4 is 39.8 Å². The predicted octanol–water partition coefficient (Wildman–Crippen LogP) is 4.11. The van der Waals surface area contributed by atoms with E-state index in [9.17, 15) is 18.0 Å². The van der Waals surface area contributed by atoms with E-state index in [0.29, 0.717) is 16.0 Å². The minimum absolute atomic E-state index is 0.256. The molecule has 1 aromatic carbocycles. The molecular formula is C14H15F3N4OS2. The Balaban J connectivity index is 2.04. The molecule has 2 N–H and O–H groups in total. The number of para-hydroxylation sites is 1. The van der Waals surface area contributed by atoms with E-state index in [4.69, 9.17) is 0 Å². The molecule has 10 heteroatoms. The van der Waals surface area contributed by atoms with Gasteiger partial charge in [0.15, 0.2) is 4.34 Å². The monoisotopic (exact) mass is 376 g/mol. The van der Waals surface area contributed by atoms with Gasteiger partial charge in [-0.05, 0) is 26.0 Å². The van der Waals surface area contributed by atoms with Crippen LogP contribution in [0.15, 0.2) is 28.6 Å². The molecule has 0 fully saturated rings. The number of carbonyl (C=O) groups is 1. The molecule has 1 heterocycles. The lowest BCUT2D eigenvalue weighted by Gasteiger charge is -2.15. The van der Waals surface area contributed by atoms with Crippen LogP contribution >= 0.6 is 23.1 Å². The molecule has 0 spiro atoms. The number of hydrogen-bond acceptors (Lipinski definition) is 6.